The van der Waals surface area contributed by atoms with Gasteiger partial charge in [0.05, 0.1) is 0 Å². The molecule has 1 amide bonds. The van der Waals surface area contributed by atoms with E-state index in [2.05, 4.69) is 52.9 Å². The predicted octanol–water partition coefficient (Wildman–Crippen LogP) is 3.29. The van der Waals surface area contributed by atoms with Gasteiger partial charge in [-0.3, -0.25) is 9.79 Å². The molecule has 6 heteroatoms. The van der Waals surface area contributed by atoms with Crippen LogP contribution in [-0.2, 0) is 10.2 Å². The minimum Gasteiger partial charge on any atom is -0.356 e. The molecule has 1 aliphatic heterocycles. The van der Waals surface area contributed by atoms with Gasteiger partial charge in [0.25, 0.3) is 0 Å². The van der Waals surface area contributed by atoms with E-state index in [0.717, 1.165) is 31.9 Å². The zero-order valence-electron chi connectivity index (χ0n) is 16.5. The van der Waals surface area contributed by atoms with Crippen LogP contribution in [0.1, 0.15) is 51.0 Å². The normalized spacial score (nSPS) is 21.2. The minimum absolute atomic E-state index is 0. The van der Waals surface area contributed by atoms with E-state index in [1.165, 1.54) is 24.8 Å². The third-order valence-electron chi connectivity index (χ3n) is 5.81. The second-order valence-electron chi connectivity index (χ2n) is 7.68. The van der Waals surface area contributed by atoms with Gasteiger partial charge in [-0.25, -0.2) is 0 Å². The van der Waals surface area contributed by atoms with Crippen molar-refractivity contribution in [3.63, 3.8) is 0 Å². The van der Waals surface area contributed by atoms with Crippen molar-refractivity contribution in [3.05, 3.63) is 35.9 Å². The standard InChI is InChI=1S/C21H32N4O.HI/c1-17-8-6-7-15-25(17)19(26)11-14-23-20(22-2)24-16-21(12-13-21)18-9-4-3-5-10-18;/h3-5,9-10,17H,6-8,11-16H2,1-2H3,(H2,22,23,24);1H. The van der Waals surface area contributed by atoms with Gasteiger partial charge in [0.2, 0.25) is 5.91 Å². The molecule has 27 heavy (non-hydrogen) atoms. The van der Waals surface area contributed by atoms with E-state index < -0.39 is 0 Å². The highest BCUT2D eigenvalue weighted by molar-refractivity contribution is 14.0. The van der Waals surface area contributed by atoms with E-state index in [-0.39, 0.29) is 35.3 Å². The number of likely N-dealkylation sites (tertiary alicyclic amines) is 1. The fourth-order valence-electron chi connectivity index (χ4n) is 3.88. The lowest BCUT2D eigenvalue weighted by atomic mass is 9.96. The SMILES string of the molecule is CN=C(NCCC(=O)N1CCCCC1C)NCC1(c2ccccc2)CC1.I. The summed E-state index contributed by atoms with van der Waals surface area (Å²) in [4.78, 5) is 18.8. The average molecular weight is 484 g/mol. The number of halogens is 1. The summed E-state index contributed by atoms with van der Waals surface area (Å²) in [5.74, 6) is 1.04. The summed E-state index contributed by atoms with van der Waals surface area (Å²) in [6.45, 7) is 4.57. The fourth-order valence-corrected chi connectivity index (χ4v) is 3.88. The molecule has 3 rings (SSSR count). The number of nitrogens with one attached hydrogen (secondary N) is 2. The first-order valence-corrected chi connectivity index (χ1v) is 9.94. The molecule has 1 aromatic carbocycles. The third-order valence-corrected chi connectivity index (χ3v) is 5.81. The van der Waals surface area contributed by atoms with Gasteiger partial charge in [-0.15, -0.1) is 24.0 Å². The van der Waals surface area contributed by atoms with Crippen LogP contribution in [0.15, 0.2) is 35.3 Å². The largest absolute Gasteiger partial charge is 0.356 e. The lowest BCUT2D eigenvalue weighted by Gasteiger charge is -2.33. The highest BCUT2D eigenvalue weighted by atomic mass is 127. The number of guanidine groups is 1. The number of rotatable bonds is 6. The Hall–Kier alpha value is -1.31. The van der Waals surface area contributed by atoms with Crippen LogP contribution in [0.4, 0.5) is 0 Å². The van der Waals surface area contributed by atoms with Crippen LogP contribution in [-0.4, -0.2) is 49.5 Å². The van der Waals surface area contributed by atoms with Crippen LogP contribution in [0.5, 0.6) is 0 Å². The van der Waals surface area contributed by atoms with Gasteiger partial charge in [-0.1, -0.05) is 30.3 Å². The molecule has 1 aromatic rings. The van der Waals surface area contributed by atoms with Crippen molar-refractivity contribution in [1.82, 2.24) is 15.5 Å². The number of hydrogen-bond acceptors (Lipinski definition) is 2. The molecule has 0 bridgehead atoms. The molecule has 1 atom stereocenters. The number of amides is 1. The first-order valence-electron chi connectivity index (χ1n) is 9.94. The molecule has 1 saturated carbocycles. The Labute approximate surface area is 180 Å². The summed E-state index contributed by atoms with van der Waals surface area (Å²) in [6, 6.07) is 11.1. The molecule has 0 spiro atoms. The second kappa shape index (κ2) is 10.3. The van der Waals surface area contributed by atoms with Crippen molar-refractivity contribution in [1.29, 1.82) is 0 Å². The first-order chi connectivity index (χ1) is 12.6. The van der Waals surface area contributed by atoms with E-state index in [0.29, 0.717) is 19.0 Å². The highest BCUT2D eigenvalue weighted by Crippen LogP contribution is 2.47. The molecular weight excluding hydrogens is 451 g/mol. The van der Waals surface area contributed by atoms with Gasteiger partial charge in [0.1, 0.15) is 0 Å². The van der Waals surface area contributed by atoms with Gasteiger partial charge in [0, 0.05) is 44.6 Å². The molecule has 150 valence electrons. The van der Waals surface area contributed by atoms with Gasteiger partial charge >= 0.3 is 0 Å². The molecule has 0 aromatic heterocycles. The molecular formula is C21H33IN4O. The van der Waals surface area contributed by atoms with Crippen molar-refractivity contribution in [2.75, 3.05) is 26.7 Å². The number of carbonyl (C=O) groups is 1. The Morgan fingerprint density at radius 3 is 2.59 bits per heavy atom. The Bertz CT molecular complexity index is 630. The summed E-state index contributed by atoms with van der Waals surface area (Å²) in [6.07, 6.45) is 6.45. The Balaban J connectivity index is 0.00000261. The lowest BCUT2D eigenvalue weighted by Crippen LogP contribution is -2.45. The van der Waals surface area contributed by atoms with E-state index in [9.17, 15) is 4.79 Å². The second-order valence-corrected chi connectivity index (χ2v) is 7.68. The number of nitrogens with zero attached hydrogens (tertiary/aromatic N) is 2. The van der Waals surface area contributed by atoms with Crippen LogP contribution in [0.25, 0.3) is 0 Å². The smallest absolute Gasteiger partial charge is 0.224 e. The number of benzene rings is 1. The van der Waals surface area contributed by atoms with E-state index >= 15 is 0 Å². The fraction of sp³-hybridized carbons (Fsp3) is 0.619. The molecule has 1 saturated heterocycles. The van der Waals surface area contributed by atoms with Gasteiger partial charge in [0.15, 0.2) is 5.96 Å². The highest BCUT2D eigenvalue weighted by Gasteiger charge is 2.44. The number of aliphatic imine (C=N–C) groups is 1. The van der Waals surface area contributed by atoms with Crippen molar-refractivity contribution in [3.8, 4) is 0 Å². The maximum atomic E-state index is 12.4. The molecule has 0 radical (unpaired) electrons. The number of carbonyl (C=O) groups excluding carboxylic acids is 1. The van der Waals surface area contributed by atoms with Crippen LogP contribution in [0, 0.1) is 0 Å². The monoisotopic (exact) mass is 484 g/mol. The maximum Gasteiger partial charge on any atom is 0.224 e. The zero-order valence-corrected chi connectivity index (χ0v) is 18.9. The quantitative estimate of drug-likeness (QED) is 0.370. The Morgan fingerprint density at radius 1 is 1.22 bits per heavy atom. The topological polar surface area (TPSA) is 56.7 Å². The minimum atomic E-state index is 0. The molecule has 5 nitrogen and oxygen atoms in total. The molecule has 2 N–H and O–H groups in total. The van der Waals surface area contributed by atoms with E-state index in [4.69, 9.17) is 0 Å². The van der Waals surface area contributed by atoms with Crippen LogP contribution >= 0.6 is 24.0 Å². The van der Waals surface area contributed by atoms with Crippen molar-refractivity contribution in [2.45, 2.75) is 56.9 Å². The summed E-state index contributed by atoms with van der Waals surface area (Å²) < 4.78 is 0. The molecule has 2 aliphatic rings. The predicted molar refractivity (Wildman–Crippen MR) is 122 cm³/mol. The van der Waals surface area contributed by atoms with Crippen LogP contribution < -0.4 is 10.6 Å². The Morgan fingerprint density at radius 2 is 1.96 bits per heavy atom. The van der Waals surface area contributed by atoms with Crippen LogP contribution in [0.2, 0.25) is 0 Å². The molecule has 2 fully saturated rings. The lowest BCUT2D eigenvalue weighted by molar-refractivity contribution is -0.134. The third kappa shape index (κ3) is 5.83. The van der Waals surface area contributed by atoms with Crippen molar-refractivity contribution >= 4 is 35.8 Å². The van der Waals surface area contributed by atoms with Gasteiger partial charge in [-0.2, -0.15) is 0 Å². The zero-order chi connectivity index (χ0) is 18.4. The van der Waals surface area contributed by atoms with Crippen molar-refractivity contribution < 1.29 is 4.79 Å². The average Bonchev–Trinajstić information content (AvgIpc) is 3.46. The molecule has 1 unspecified atom stereocenters. The number of piperidine rings is 1. The van der Waals surface area contributed by atoms with Gasteiger partial charge < -0.3 is 15.5 Å². The van der Waals surface area contributed by atoms with E-state index in [1.54, 1.807) is 7.05 Å². The van der Waals surface area contributed by atoms with Crippen LogP contribution in [0.3, 0.4) is 0 Å². The summed E-state index contributed by atoms with van der Waals surface area (Å²) >= 11 is 0. The first kappa shape index (κ1) is 22.0. The van der Waals surface area contributed by atoms with E-state index in [1.807, 2.05) is 4.90 Å². The molecule has 1 heterocycles. The van der Waals surface area contributed by atoms with Crippen molar-refractivity contribution in [2.24, 2.45) is 4.99 Å². The Kier molecular flexibility index (Phi) is 8.38. The molecule has 1 aliphatic carbocycles. The maximum absolute atomic E-state index is 12.4. The number of hydrogen-bond donors (Lipinski definition) is 2. The summed E-state index contributed by atoms with van der Waals surface area (Å²) in [7, 11) is 1.78. The summed E-state index contributed by atoms with van der Waals surface area (Å²) in [5, 5.41) is 6.74. The summed E-state index contributed by atoms with van der Waals surface area (Å²) in [5.41, 5.74) is 1.65. The van der Waals surface area contributed by atoms with Gasteiger partial charge in [-0.05, 0) is 44.6 Å².